The molecule has 6 nitrogen and oxygen atoms in total. The van der Waals surface area contributed by atoms with Gasteiger partial charge in [-0.15, -0.1) is 11.3 Å². The van der Waals surface area contributed by atoms with Crippen LogP contribution in [-0.4, -0.2) is 44.9 Å². The highest BCUT2D eigenvalue weighted by Crippen LogP contribution is 2.37. The van der Waals surface area contributed by atoms with Crippen LogP contribution < -0.4 is 4.90 Å². The molecule has 0 aromatic carbocycles. The van der Waals surface area contributed by atoms with Gasteiger partial charge in [-0.3, -0.25) is 4.79 Å². The summed E-state index contributed by atoms with van der Waals surface area (Å²) in [6, 6.07) is 1.34. The largest absolute Gasteiger partial charge is 0.478 e. The summed E-state index contributed by atoms with van der Waals surface area (Å²) in [5, 5.41) is 31.1. The highest BCUT2D eigenvalue weighted by atomic mass is 32.1. The Labute approximate surface area is 188 Å². The highest BCUT2D eigenvalue weighted by molar-refractivity contribution is 7.16. The third-order valence-corrected chi connectivity index (χ3v) is 7.51. The number of aromatic carboxylic acids is 1. The lowest BCUT2D eigenvalue weighted by molar-refractivity contribution is -0.128. The second kappa shape index (κ2) is 9.72. The number of thiophene rings is 1. The molecule has 1 heterocycles. The minimum Gasteiger partial charge on any atom is -0.478 e. The van der Waals surface area contributed by atoms with E-state index in [1.54, 1.807) is 11.0 Å². The van der Waals surface area contributed by atoms with E-state index >= 15 is 0 Å². The summed E-state index contributed by atoms with van der Waals surface area (Å²) in [4.78, 5) is 27.6. The first-order valence-corrected chi connectivity index (χ1v) is 12.0. The molecule has 3 atom stereocenters. The molecule has 1 aromatic heterocycles. The minimum atomic E-state index is -1.09. The van der Waals surface area contributed by atoms with Crippen LogP contribution in [0.25, 0.3) is 0 Å². The Morgan fingerprint density at radius 2 is 1.97 bits per heavy atom. The summed E-state index contributed by atoms with van der Waals surface area (Å²) in [7, 11) is 0. The zero-order chi connectivity index (χ0) is 22.8. The molecule has 3 rings (SSSR count). The first kappa shape index (κ1) is 23.8. The molecular weight excluding hydrogens is 414 g/mol. The van der Waals surface area contributed by atoms with Gasteiger partial charge in [0.15, 0.2) is 0 Å². The third-order valence-electron chi connectivity index (χ3n) is 6.38. The summed E-state index contributed by atoms with van der Waals surface area (Å²) in [5.41, 5.74) is -0.841. The first-order chi connectivity index (χ1) is 14.6. The average molecular weight is 448 g/mol. The zero-order valence-corrected chi connectivity index (χ0v) is 19.4. The molecule has 2 saturated carbocycles. The Balaban J connectivity index is 1.86. The van der Waals surface area contributed by atoms with Crippen LogP contribution in [0.4, 0.5) is 5.00 Å². The Kier molecular flexibility index (Phi) is 7.46. The fourth-order valence-corrected chi connectivity index (χ4v) is 5.86. The van der Waals surface area contributed by atoms with Crippen molar-refractivity contribution < 1.29 is 24.9 Å². The maximum absolute atomic E-state index is 13.4. The predicted octanol–water partition coefficient (Wildman–Crippen LogP) is 3.84. The molecule has 1 aromatic rings. The molecule has 7 heteroatoms. The van der Waals surface area contributed by atoms with Crippen molar-refractivity contribution >= 4 is 28.2 Å². The number of hydrogen-bond acceptors (Lipinski definition) is 5. The zero-order valence-electron chi connectivity index (χ0n) is 18.6. The SMILES string of the molecule is CC(C)N(C(=O)[C@@H]1CC[C@@H](C)C[C@@H]1O)c1sc(CC#CC2(O)CCCC2)cc1C(=O)O. The van der Waals surface area contributed by atoms with Gasteiger partial charge in [-0.25, -0.2) is 4.79 Å². The van der Waals surface area contributed by atoms with Crippen molar-refractivity contribution in [2.45, 2.75) is 89.9 Å². The molecule has 31 heavy (non-hydrogen) atoms. The topological polar surface area (TPSA) is 98.1 Å². The average Bonchev–Trinajstić information content (AvgIpc) is 3.28. The number of hydrogen-bond donors (Lipinski definition) is 3. The van der Waals surface area contributed by atoms with E-state index in [1.165, 1.54) is 11.3 Å². The number of carboxylic acids is 1. The van der Waals surface area contributed by atoms with Crippen LogP contribution in [0, 0.1) is 23.7 Å². The smallest absolute Gasteiger partial charge is 0.338 e. The van der Waals surface area contributed by atoms with Crippen molar-refractivity contribution in [1.29, 1.82) is 0 Å². The minimum absolute atomic E-state index is 0.0853. The van der Waals surface area contributed by atoms with Gasteiger partial charge in [0.05, 0.1) is 17.6 Å². The summed E-state index contributed by atoms with van der Waals surface area (Å²) in [5.74, 6) is 4.53. The summed E-state index contributed by atoms with van der Waals surface area (Å²) >= 11 is 1.26. The molecular formula is C24H33NO5S. The van der Waals surface area contributed by atoms with E-state index < -0.39 is 23.6 Å². The lowest BCUT2D eigenvalue weighted by atomic mass is 9.80. The number of aliphatic hydroxyl groups is 2. The number of carbonyl (C=O) groups is 2. The van der Waals surface area contributed by atoms with Crippen molar-refractivity contribution in [3.63, 3.8) is 0 Å². The summed E-state index contributed by atoms with van der Waals surface area (Å²) < 4.78 is 0. The lowest BCUT2D eigenvalue weighted by Crippen LogP contribution is -2.46. The van der Waals surface area contributed by atoms with Crippen LogP contribution in [0.5, 0.6) is 0 Å². The van der Waals surface area contributed by atoms with Gasteiger partial charge < -0.3 is 20.2 Å². The van der Waals surface area contributed by atoms with Crippen LogP contribution >= 0.6 is 11.3 Å². The molecule has 0 aliphatic heterocycles. The number of amides is 1. The Morgan fingerprint density at radius 1 is 1.29 bits per heavy atom. The molecule has 0 radical (unpaired) electrons. The standard InChI is InChI=1S/C24H33NO5S/c1-15(2)25(21(27)18-9-8-16(3)13-20(18)26)22-19(23(28)29)14-17(31-22)7-6-12-24(30)10-4-5-11-24/h14-16,18,20,26,30H,4-5,7-11,13H2,1-3H3,(H,28,29)/t16-,18-,20+/m1/s1. The van der Waals surface area contributed by atoms with Gasteiger partial charge in [-0.1, -0.05) is 18.8 Å². The quantitative estimate of drug-likeness (QED) is 0.596. The van der Waals surface area contributed by atoms with Crippen molar-refractivity contribution in [1.82, 2.24) is 0 Å². The van der Waals surface area contributed by atoms with Gasteiger partial charge in [0.1, 0.15) is 10.6 Å². The molecule has 0 unspecified atom stereocenters. The van der Waals surface area contributed by atoms with Crippen molar-refractivity contribution in [2.75, 3.05) is 4.90 Å². The number of rotatable bonds is 5. The number of aliphatic hydroxyl groups excluding tert-OH is 1. The van der Waals surface area contributed by atoms with Crippen LogP contribution in [-0.2, 0) is 11.2 Å². The fourth-order valence-electron chi connectivity index (χ4n) is 4.64. The molecule has 1 amide bonds. The number of nitrogens with zero attached hydrogens (tertiary/aromatic N) is 1. The summed E-state index contributed by atoms with van der Waals surface area (Å²) in [6.45, 7) is 5.79. The third kappa shape index (κ3) is 5.49. The number of carboxylic acid groups (broad SMARTS) is 1. The fraction of sp³-hybridized carbons (Fsp3) is 0.667. The van der Waals surface area contributed by atoms with E-state index in [0.717, 1.165) is 24.1 Å². The number of anilines is 1. The monoisotopic (exact) mass is 447 g/mol. The normalized spacial score (nSPS) is 25.2. The summed E-state index contributed by atoms with van der Waals surface area (Å²) in [6.07, 6.45) is 4.97. The second-order valence-corrected chi connectivity index (χ2v) is 10.5. The van der Waals surface area contributed by atoms with Crippen LogP contribution in [0.3, 0.4) is 0 Å². The lowest BCUT2D eigenvalue weighted by Gasteiger charge is -2.35. The van der Waals surface area contributed by atoms with Crippen LogP contribution in [0.2, 0.25) is 0 Å². The Bertz CT molecular complexity index is 874. The molecule has 2 aliphatic carbocycles. The van der Waals surface area contributed by atoms with Gasteiger partial charge in [-0.05, 0) is 70.8 Å². The van der Waals surface area contributed by atoms with Crippen molar-refractivity contribution in [3.05, 3.63) is 16.5 Å². The van der Waals surface area contributed by atoms with E-state index in [9.17, 15) is 24.9 Å². The van der Waals surface area contributed by atoms with Crippen LogP contribution in [0.1, 0.15) is 81.0 Å². The molecule has 0 saturated heterocycles. The van der Waals surface area contributed by atoms with E-state index in [1.807, 2.05) is 13.8 Å². The first-order valence-electron chi connectivity index (χ1n) is 11.2. The van der Waals surface area contributed by atoms with E-state index in [-0.39, 0.29) is 17.5 Å². The second-order valence-electron chi connectivity index (χ2n) is 9.35. The van der Waals surface area contributed by atoms with Gasteiger partial charge in [0.25, 0.3) is 0 Å². The Hall–Kier alpha value is -1.88. The van der Waals surface area contributed by atoms with Gasteiger partial charge >= 0.3 is 5.97 Å². The van der Waals surface area contributed by atoms with E-state index in [2.05, 4.69) is 18.8 Å². The molecule has 2 fully saturated rings. The molecule has 3 N–H and O–H groups in total. The van der Waals surface area contributed by atoms with Gasteiger partial charge in [0, 0.05) is 17.3 Å². The van der Waals surface area contributed by atoms with Gasteiger partial charge in [0.2, 0.25) is 5.91 Å². The maximum Gasteiger partial charge on any atom is 0.338 e. The highest BCUT2D eigenvalue weighted by Gasteiger charge is 2.38. The van der Waals surface area contributed by atoms with Crippen molar-refractivity contribution in [2.24, 2.45) is 11.8 Å². The van der Waals surface area contributed by atoms with Gasteiger partial charge in [-0.2, -0.15) is 0 Å². The molecule has 0 bridgehead atoms. The molecule has 0 spiro atoms. The molecule has 2 aliphatic rings. The van der Waals surface area contributed by atoms with E-state index in [4.69, 9.17) is 0 Å². The molecule has 170 valence electrons. The van der Waals surface area contributed by atoms with Crippen LogP contribution in [0.15, 0.2) is 6.07 Å². The number of carbonyl (C=O) groups excluding carboxylic acids is 1. The predicted molar refractivity (Wildman–Crippen MR) is 121 cm³/mol. The van der Waals surface area contributed by atoms with E-state index in [0.29, 0.717) is 43.0 Å². The Morgan fingerprint density at radius 3 is 2.55 bits per heavy atom. The maximum atomic E-state index is 13.4. The van der Waals surface area contributed by atoms with Crippen molar-refractivity contribution in [3.8, 4) is 11.8 Å².